The van der Waals surface area contributed by atoms with E-state index in [1.807, 2.05) is 41.5 Å². The van der Waals surface area contributed by atoms with Gasteiger partial charge in [-0.2, -0.15) is 0 Å². The van der Waals surface area contributed by atoms with Crippen LogP contribution in [-0.2, 0) is 9.47 Å². The van der Waals surface area contributed by atoms with Gasteiger partial charge < -0.3 is 19.3 Å². The van der Waals surface area contributed by atoms with Crippen molar-refractivity contribution in [2.75, 3.05) is 26.2 Å². The van der Waals surface area contributed by atoms with Gasteiger partial charge in [-0.1, -0.05) is 12.1 Å². The van der Waals surface area contributed by atoms with E-state index in [0.29, 0.717) is 43.6 Å². The van der Waals surface area contributed by atoms with Crippen LogP contribution in [-0.4, -0.2) is 82.1 Å². The number of amides is 4. The Morgan fingerprint density at radius 1 is 0.943 bits per heavy atom. The molecule has 1 saturated heterocycles. The monoisotopic (exact) mass is 487 g/mol. The van der Waals surface area contributed by atoms with Crippen molar-refractivity contribution in [1.29, 1.82) is 0 Å². The Bertz CT molecular complexity index is 943. The number of carbonyl (C=O) groups excluding carboxylic acids is 4. The molecule has 1 fully saturated rings. The van der Waals surface area contributed by atoms with Crippen LogP contribution in [0.2, 0.25) is 0 Å². The van der Waals surface area contributed by atoms with Crippen LogP contribution in [0.25, 0.3) is 0 Å². The zero-order chi connectivity index (χ0) is 26.0. The molecular weight excluding hydrogens is 450 g/mol. The molecular formula is C26H37N3O6. The molecule has 9 nitrogen and oxygen atoms in total. The van der Waals surface area contributed by atoms with Gasteiger partial charge in [0.25, 0.3) is 11.8 Å². The quantitative estimate of drug-likeness (QED) is 0.420. The molecule has 0 spiro atoms. The molecule has 192 valence electrons. The molecule has 9 heteroatoms. The number of hydrogen-bond acceptors (Lipinski definition) is 6. The first-order valence-corrected chi connectivity index (χ1v) is 12.2. The van der Waals surface area contributed by atoms with Crippen LogP contribution >= 0.6 is 0 Å². The third-order valence-electron chi connectivity index (χ3n) is 5.79. The molecule has 4 amide bonds. The van der Waals surface area contributed by atoms with Crippen LogP contribution in [0.5, 0.6) is 0 Å². The summed E-state index contributed by atoms with van der Waals surface area (Å²) in [6.45, 7) is 12.5. The minimum atomic E-state index is -0.653. The first kappa shape index (κ1) is 26.5. The number of nitrogens with zero attached hydrogens (tertiary/aromatic N) is 3. The molecule has 2 aliphatic heterocycles. The van der Waals surface area contributed by atoms with E-state index >= 15 is 0 Å². The summed E-state index contributed by atoms with van der Waals surface area (Å²) >= 11 is 0. The van der Waals surface area contributed by atoms with Crippen LogP contribution in [0.1, 0.15) is 81.5 Å². The fraction of sp³-hybridized carbons (Fsp3) is 0.615. The van der Waals surface area contributed by atoms with Crippen molar-refractivity contribution in [3.63, 3.8) is 0 Å². The summed E-state index contributed by atoms with van der Waals surface area (Å²) < 4.78 is 11.1. The smallest absolute Gasteiger partial charge is 0.410 e. The van der Waals surface area contributed by atoms with Crippen LogP contribution in [0.3, 0.4) is 0 Å². The lowest BCUT2D eigenvalue weighted by Crippen LogP contribution is -2.58. The van der Waals surface area contributed by atoms with Crippen molar-refractivity contribution < 1.29 is 28.7 Å². The molecule has 0 bridgehead atoms. The molecule has 2 heterocycles. The molecule has 1 aromatic rings. The Labute approximate surface area is 207 Å². The zero-order valence-corrected chi connectivity index (χ0v) is 21.6. The number of carbonyl (C=O) groups is 4. The largest absolute Gasteiger partial charge is 0.444 e. The highest BCUT2D eigenvalue weighted by atomic mass is 16.6. The summed E-state index contributed by atoms with van der Waals surface area (Å²) in [7, 11) is 0. The Kier molecular flexibility index (Phi) is 7.77. The molecule has 0 N–H and O–H groups in total. The molecule has 35 heavy (non-hydrogen) atoms. The summed E-state index contributed by atoms with van der Waals surface area (Å²) in [4.78, 5) is 55.0. The number of likely N-dealkylation sites (tertiary alicyclic amines) is 1. The molecule has 0 aliphatic carbocycles. The Morgan fingerprint density at radius 2 is 1.51 bits per heavy atom. The van der Waals surface area contributed by atoms with Crippen molar-refractivity contribution in [2.45, 2.75) is 78.0 Å². The van der Waals surface area contributed by atoms with Crippen molar-refractivity contribution in [3.8, 4) is 0 Å². The first-order valence-electron chi connectivity index (χ1n) is 12.2. The summed E-state index contributed by atoms with van der Waals surface area (Å²) in [6.07, 6.45) is 1.06. The second-order valence-corrected chi connectivity index (χ2v) is 11.1. The average Bonchev–Trinajstić information content (AvgIpc) is 2.94. The van der Waals surface area contributed by atoms with E-state index in [9.17, 15) is 19.2 Å². The Hall–Kier alpha value is -3.10. The molecule has 0 unspecified atom stereocenters. The molecule has 0 radical (unpaired) electrons. The van der Waals surface area contributed by atoms with Gasteiger partial charge in [-0.05, 0) is 72.9 Å². The number of benzene rings is 1. The normalized spacial score (nSPS) is 17.7. The van der Waals surface area contributed by atoms with Gasteiger partial charge in [0.05, 0.1) is 17.2 Å². The Morgan fingerprint density at radius 3 is 2.00 bits per heavy atom. The van der Waals surface area contributed by atoms with E-state index < -0.39 is 17.3 Å². The summed E-state index contributed by atoms with van der Waals surface area (Å²) in [5.41, 5.74) is -0.383. The van der Waals surface area contributed by atoms with Crippen molar-refractivity contribution in [2.24, 2.45) is 0 Å². The van der Waals surface area contributed by atoms with Gasteiger partial charge >= 0.3 is 12.2 Å². The number of imide groups is 1. The number of hydrogen-bond donors (Lipinski definition) is 0. The highest BCUT2D eigenvalue weighted by Gasteiger charge is 2.38. The van der Waals surface area contributed by atoms with E-state index in [0.717, 1.165) is 6.42 Å². The first-order chi connectivity index (χ1) is 16.3. The van der Waals surface area contributed by atoms with E-state index in [4.69, 9.17) is 9.47 Å². The van der Waals surface area contributed by atoms with Crippen LogP contribution < -0.4 is 0 Å². The number of fused-ring (bicyclic) bond motifs is 1. The predicted octanol–water partition coefficient (Wildman–Crippen LogP) is 4.31. The Balaban J connectivity index is 1.57. The number of rotatable bonds is 7. The SMILES string of the molecule is CC(C)(C)OC(=O)N(CCCCN1C(=O)c2ccccc2C1=O)C[C@@H]1CCN1C(=O)OC(C)(C)C. The van der Waals surface area contributed by atoms with Gasteiger partial charge in [-0.25, -0.2) is 9.59 Å². The van der Waals surface area contributed by atoms with E-state index in [1.54, 1.807) is 34.1 Å². The second-order valence-electron chi connectivity index (χ2n) is 11.1. The molecule has 0 saturated carbocycles. The van der Waals surface area contributed by atoms with Gasteiger partial charge in [0, 0.05) is 26.2 Å². The fourth-order valence-corrected chi connectivity index (χ4v) is 4.04. The second kappa shape index (κ2) is 10.3. The van der Waals surface area contributed by atoms with Crippen molar-refractivity contribution in [3.05, 3.63) is 35.4 Å². The summed E-state index contributed by atoms with van der Waals surface area (Å²) in [5.74, 6) is -0.561. The lowest BCUT2D eigenvalue weighted by atomic mass is 10.0. The van der Waals surface area contributed by atoms with Gasteiger partial charge in [-0.3, -0.25) is 14.5 Å². The highest BCUT2D eigenvalue weighted by Crippen LogP contribution is 2.25. The lowest BCUT2D eigenvalue weighted by molar-refractivity contribution is -0.0184. The third-order valence-corrected chi connectivity index (χ3v) is 5.79. The van der Waals surface area contributed by atoms with Gasteiger partial charge in [0.2, 0.25) is 0 Å². The zero-order valence-electron chi connectivity index (χ0n) is 21.6. The molecule has 0 aromatic heterocycles. The third kappa shape index (κ3) is 6.74. The summed E-state index contributed by atoms with van der Waals surface area (Å²) in [6, 6.07) is 6.66. The molecule has 1 atom stereocenters. The highest BCUT2D eigenvalue weighted by molar-refractivity contribution is 6.21. The van der Waals surface area contributed by atoms with Crippen LogP contribution in [0.4, 0.5) is 9.59 Å². The maximum Gasteiger partial charge on any atom is 0.410 e. The fourth-order valence-electron chi connectivity index (χ4n) is 4.04. The number of unbranched alkanes of at least 4 members (excludes halogenated alkanes) is 1. The van der Waals surface area contributed by atoms with E-state index in [-0.39, 0.29) is 30.5 Å². The minimum absolute atomic E-state index is 0.145. The van der Waals surface area contributed by atoms with Gasteiger partial charge in [0.1, 0.15) is 11.2 Å². The molecule has 3 rings (SSSR count). The van der Waals surface area contributed by atoms with E-state index in [2.05, 4.69) is 0 Å². The maximum absolute atomic E-state index is 12.9. The lowest BCUT2D eigenvalue weighted by Gasteiger charge is -2.43. The molecule has 2 aliphatic rings. The standard InChI is InChI=1S/C26H37N3O6/c1-25(2,3)34-23(32)27(17-18-13-16-28(18)24(33)35-26(4,5)6)14-9-10-15-29-21(30)19-11-7-8-12-20(19)22(29)31/h7-8,11-12,18H,9-10,13-17H2,1-6H3/t18-/m0/s1. The predicted molar refractivity (Wildman–Crippen MR) is 130 cm³/mol. The van der Waals surface area contributed by atoms with Gasteiger partial charge in [-0.15, -0.1) is 0 Å². The van der Waals surface area contributed by atoms with Crippen molar-refractivity contribution in [1.82, 2.24) is 14.7 Å². The van der Waals surface area contributed by atoms with E-state index in [1.165, 1.54) is 4.90 Å². The average molecular weight is 488 g/mol. The molecule has 1 aromatic carbocycles. The van der Waals surface area contributed by atoms with Crippen molar-refractivity contribution >= 4 is 24.0 Å². The van der Waals surface area contributed by atoms with Crippen LogP contribution in [0.15, 0.2) is 24.3 Å². The van der Waals surface area contributed by atoms with Crippen LogP contribution in [0, 0.1) is 0 Å². The van der Waals surface area contributed by atoms with Gasteiger partial charge in [0.15, 0.2) is 0 Å². The summed E-state index contributed by atoms with van der Waals surface area (Å²) in [5, 5.41) is 0. The number of ether oxygens (including phenoxy) is 2. The maximum atomic E-state index is 12.9. The topological polar surface area (TPSA) is 96.5 Å². The minimum Gasteiger partial charge on any atom is -0.444 e.